The van der Waals surface area contributed by atoms with Gasteiger partial charge in [-0.15, -0.1) is 0 Å². The molecule has 0 amide bonds. The lowest BCUT2D eigenvalue weighted by atomic mass is 9.84. The van der Waals surface area contributed by atoms with Crippen molar-refractivity contribution in [1.29, 1.82) is 0 Å². The van der Waals surface area contributed by atoms with Gasteiger partial charge in [0, 0.05) is 13.1 Å². The van der Waals surface area contributed by atoms with Gasteiger partial charge in [-0.1, -0.05) is 6.92 Å². The van der Waals surface area contributed by atoms with Crippen LogP contribution in [0.25, 0.3) is 0 Å². The van der Waals surface area contributed by atoms with Crippen LogP contribution >= 0.6 is 11.6 Å². The minimum atomic E-state index is -0.401. The lowest BCUT2D eigenvalue weighted by Crippen LogP contribution is -2.42. The Morgan fingerprint density at radius 3 is 2.90 bits per heavy atom. The smallest absolute Gasteiger partial charge is 0.343 e. The highest BCUT2D eigenvalue weighted by Crippen LogP contribution is 2.47. The Morgan fingerprint density at radius 2 is 2.24 bits per heavy atom. The Labute approximate surface area is 129 Å². The number of rotatable bonds is 2. The molecule has 0 spiro atoms. The van der Waals surface area contributed by atoms with Gasteiger partial charge in [-0.25, -0.2) is 9.78 Å². The molecule has 2 heterocycles. The molecular weight excluding hydrogens is 290 g/mol. The molecule has 1 aliphatic carbocycles. The number of esters is 1. The molecule has 5 nitrogen and oxygen atoms in total. The highest BCUT2D eigenvalue weighted by atomic mass is 35.5. The lowest BCUT2D eigenvalue weighted by Gasteiger charge is -2.39. The van der Waals surface area contributed by atoms with Crippen LogP contribution in [0.15, 0.2) is 0 Å². The van der Waals surface area contributed by atoms with Gasteiger partial charge in [-0.05, 0) is 49.1 Å². The number of aromatic nitrogens is 2. The highest BCUT2D eigenvalue weighted by Gasteiger charge is 2.43. The van der Waals surface area contributed by atoms with Gasteiger partial charge in [0.05, 0.1) is 12.8 Å². The van der Waals surface area contributed by atoms with Gasteiger partial charge in [0.2, 0.25) is 5.28 Å². The summed E-state index contributed by atoms with van der Waals surface area (Å²) >= 11 is 6.01. The fourth-order valence-electron chi connectivity index (χ4n) is 3.85. The molecule has 0 aromatic carbocycles. The van der Waals surface area contributed by atoms with Crippen molar-refractivity contribution in [3.8, 4) is 0 Å². The number of ether oxygens (including phenoxy) is 1. The van der Waals surface area contributed by atoms with Crippen LogP contribution in [0.1, 0.15) is 42.2 Å². The van der Waals surface area contributed by atoms with Crippen molar-refractivity contribution in [2.24, 2.45) is 11.3 Å². The van der Waals surface area contributed by atoms with Crippen LogP contribution in [0.3, 0.4) is 0 Å². The Balaban J connectivity index is 2.03. The summed E-state index contributed by atoms with van der Waals surface area (Å²) in [7, 11) is 1.38. The molecule has 1 aliphatic heterocycles. The summed E-state index contributed by atoms with van der Waals surface area (Å²) in [6, 6.07) is 0. The highest BCUT2D eigenvalue weighted by molar-refractivity contribution is 6.28. The SMILES string of the molecule is COC(=O)c1c(C)nc(Cl)nc1N1C[C@H]2CC[C@@](C)(C2)C1. The van der Waals surface area contributed by atoms with E-state index in [4.69, 9.17) is 16.3 Å². The van der Waals surface area contributed by atoms with E-state index in [1.54, 1.807) is 6.92 Å². The average molecular weight is 310 g/mol. The zero-order chi connectivity index (χ0) is 15.2. The van der Waals surface area contributed by atoms with E-state index in [0.717, 1.165) is 13.1 Å². The largest absolute Gasteiger partial charge is 0.465 e. The number of aryl methyl sites for hydroxylation is 1. The normalized spacial score (nSPS) is 27.8. The predicted octanol–water partition coefficient (Wildman–Crippen LogP) is 2.85. The van der Waals surface area contributed by atoms with Crippen LogP contribution in [0.5, 0.6) is 0 Å². The maximum absolute atomic E-state index is 12.1. The van der Waals surface area contributed by atoms with E-state index in [1.807, 2.05) is 0 Å². The van der Waals surface area contributed by atoms with Crippen molar-refractivity contribution < 1.29 is 9.53 Å². The van der Waals surface area contributed by atoms with E-state index in [0.29, 0.717) is 28.4 Å². The number of carbonyl (C=O) groups excluding carboxylic acids is 1. The van der Waals surface area contributed by atoms with Gasteiger partial charge in [-0.2, -0.15) is 4.98 Å². The van der Waals surface area contributed by atoms with Gasteiger partial charge >= 0.3 is 5.97 Å². The first-order valence-corrected chi connectivity index (χ1v) is 7.67. The molecule has 3 rings (SSSR count). The number of carbonyl (C=O) groups is 1. The maximum Gasteiger partial charge on any atom is 0.343 e. The molecule has 0 N–H and O–H groups in total. The number of methoxy groups -OCH3 is 1. The van der Waals surface area contributed by atoms with Gasteiger partial charge in [-0.3, -0.25) is 0 Å². The quantitative estimate of drug-likeness (QED) is 0.621. The summed E-state index contributed by atoms with van der Waals surface area (Å²) in [6.07, 6.45) is 3.74. The zero-order valence-electron chi connectivity index (χ0n) is 12.6. The Kier molecular flexibility index (Phi) is 3.56. The molecular formula is C15H20ClN3O2. The Hall–Kier alpha value is -1.36. The van der Waals surface area contributed by atoms with Crippen molar-refractivity contribution in [3.05, 3.63) is 16.5 Å². The molecule has 0 unspecified atom stereocenters. The van der Waals surface area contributed by atoms with E-state index in [9.17, 15) is 4.79 Å². The monoisotopic (exact) mass is 309 g/mol. The predicted molar refractivity (Wildman–Crippen MR) is 80.8 cm³/mol. The van der Waals surface area contributed by atoms with E-state index >= 15 is 0 Å². The zero-order valence-corrected chi connectivity index (χ0v) is 13.4. The number of piperidine rings is 1. The van der Waals surface area contributed by atoms with Gasteiger partial charge < -0.3 is 9.64 Å². The van der Waals surface area contributed by atoms with Crippen LogP contribution in [-0.4, -0.2) is 36.1 Å². The van der Waals surface area contributed by atoms with Crippen molar-refractivity contribution in [2.45, 2.75) is 33.1 Å². The molecule has 2 aliphatic rings. The second-order valence-electron chi connectivity index (χ2n) is 6.57. The fourth-order valence-corrected chi connectivity index (χ4v) is 4.05. The molecule has 2 atom stereocenters. The van der Waals surface area contributed by atoms with Crippen LogP contribution in [-0.2, 0) is 4.74 Å². The summed E-state index contributed by atoms with van der Waals surface area (Å²) in [5.41, 5.74) is 1.31. The van der Waals surface area contributed by atoms with Gasteiger partial charge in [0.1, 0.15) is 11.4 Å². The molecule has 114 valence electrons. The summed E-state index contributed by atoms with van der Waals surface area (Å²) in [5.74, 6) is 0.891. The standard InChI is InChI=1S/C15H20ClN3O2/c1-9-11(13(20)21-3)12(18-14(16)17-9)19-7-10-4-5-15(2,6-10)8-19/h10H,4-8H2,1-3H3/t10-,15-/m0/s1. The molecule has 21 heavy (non-hydrogen) atoms. The third kappa shape index (κ3) is 2.59. The van der Waals surface area contributed by atoms with Crippen LogP contribution in [0.4, 0.5) is 5.82 Å². The Morgan fingerprint density at radius 1 is 1.48 bits per heavy atom. The van der Waals surface area contributed by atoms with Crippen LogP contribution in [0, 0.1) is 18.3 Å². The van der Waals surface area contributed by atoms with Gasteiger partial charge in [0.15, 0.2) is 0 Å². The topological polar surface area (TPSA) is 55.3 Å². The van der Waals surface area contributed by atoms with Crippen molar-refractivity contribution in [1.82, 2.24) is 9.97 Å². The van der Waals surface area contributed by atoms with Crippen molar-refractivity contribution in [2.75, 3.05) is 25.1 Å². The number of fused-ring (bicyclic) bond motifs is 2. The first-order valence-electron chi connectivity index (χ1n) is 7.29. The van der Waals surface area contributed by atoms with E-state index in [2.05, 4.69) is 21.8 Å². The second-order valence-corrected chi connectivity index (χ2v) is 6.91. The molecule has 1 aromatic rings. The summed E-state index contributed by atoms with van der Waals surface area (Å²) in [5, 5.41) is 0.179. The molecule has 6 heteroatoms. The van der Waals surface area contributed by atoms with Crippen LogP contribution < -0.4 is 4.90 Å². The van der Waals surface area contributed by atoms with Crippen molar-refractivity contribution in [3.63, 3.8) is 0 Å². The fraction of sp³-hybridized carbons (Fsp3) is 0.667. The third-order valence-corrected chi connectivity index (χ3v) is 4.89. The Bertz CT molecular complexity index is 593. The molecule has 1 saturated carbocycles. The third-order valence-electron chi connectivity index (χ3n) is 4.72. The number of hydrogen-bond acceptors (Lipinski definition) is 5. The summed E-state index contributed by atoms with van der Waals surface area (Å²) in [6.45, 7) is 5.91. The average Bonchev–Trinajstić information content (AvgIpc) is 2.70. The second kappa shape index (κ2) is 5.13. The summed E-state index contributed by atoms with van der Waals surface area (Å²) in [4.78, 5) is 22.7. The summed E-state index contributed by atoms with van der Waals surface area (Å²) < 4.78 is 4.89. The van der Waals surface area contributed by atoms with E-state index in [-0.39, 0.29) is 5.28 Å². The molecule has 2 bridgehead atoms. The minimum absolute atomic E-state index is 0.179. The van der Waals surface area contributed by atoms with E-state index in [1.165, 1.54) is 26.4 Å². The molecule has 2 fully saturated rings. The number of anilines is 1. The van der Waals surface area contributed by atoms with Crippen molar-refractivity contribution >= 4 is 23.4 Å². The molecule has 1 aromatic heterocycles. The maximum atomic E-state index is 12.1. The van der Waals surface area contributed by atoms with Crippen LogP contribution in [0.2, 0.25) is 5.28 Å². The first kappa shape index (κ1) is 14.6. The van der Waals surface area contributed by atoms with E-state index < -0.39 is 5.97 Å². The lowest BCUT2D eigenvalue weighted by molar-refractivity contribution is 0.0599. The molecule has 1 saturated heterocycles. The van der Waals surface area contributed by atoms with Gasteiger partial charge in [0.25, 0.3) is 0 Å². The number of nitrogens with zero attached hydrogens (tertiary/aromatic N) is 3. The number of halogens is 1. The first-order chi connectivity index (χ1) is 9.92. The minimum Gasteiger partial charge on any atom is -0.465 e. The molecule has 0 radical (unpaired) electrons. The number of hydrogen-bond donors (Lipinski definition) is 0.